The molecule has 4 nitrogen and oxygen atoms in total. The molecule has 0 unspecified atom stereocenters. The van der Waals surface area contributed by atoms with E-state index in [1.165, 1.54) is 22.3 Å². The van der Waals surface area contributed by atoms with E-state index in [2.05, 4.69) is 62.4 Å². The number of amides is 2. The second-order valence-corrected chi connectivity index (χ2v) is 7.55. The van der Waals surface area contributed by atoms with Gasteiger partial charge in [-0.1, -0.05) is 59.7 Å². The predicted molar refractivity (Wildman–Crippen MR) is 107 cm³/mol. The summed E-state index contributed by atoms with van der Waals surface area (Å²) in [6.45, 7) is 6.65. The second-order valence-electron chi connectivity index (χ2n) is 7.55. The third kappa shape index (κ3) is 5.19. The number of carbonyl (C=O) groups is 2. The third-order valence-electron chi connectivity index (χ3n) is 5.25. The van der Waals surface area contributed by atoms with Crippen molar-refractivity contribution in [3.8, 4) is 0 Å². The number of hydrogen-bond acceptors (Lipinski definition) is 2. The Balaban J connectivity index is 1.78. The van der Waals surface area contributed by atoms with Crippen molar-refractivity contribution in [2.75, 3.05) is 26.2 Å². The van der Waals surface area contributed by atoms with Crippen molar-refractivity contribution in [1.29, 1.82) is 0 Å². The van der Waals surface area contributed by atoms with E-state index in [0.29, 0.717) is 26.2 Å². The minimum atomic E-state index is -0.0867. The molecule has 0 bridgehead atoms. The summed E-state index contributed by atoms with van der Waals surface area (Å²) in [4.78, 5) is 27.9. The molecule has 2 aromatic rings. The van der Waals surface area contributed by atoms with E-state index in [4.69, 9.17) is 0 Å². The van der Waals surface area contributed by atoms with Crippen LogP contribution < -0.4 is 0 Å². The number of benzene rings is 2. The zero-order chi connectivity index (χ0) is 19.2. The average molecular weight is 364 g/mol. The number of carbonyl (C=O) groups excluding carboxylic acids is 2. The van der Waals surface area contributed by atoms with Crippen LogP contribution in [0.2, 0.25) is 0 Å². The van der Waals surface area contributed by atoms with Crippen molar-refractivity contribution in [1.82, 2.24) is 9.80 Å². The largest absolute Gasteiger partial charge is 0.342 e. The highest BCUT2D eigenvalue weighted by molar-refractivity contribution is 5.79. The van der Waals surface area contributed by atoms with Crippen LogP contribution in [0.15, 0.2) is 48.5 Å². The standard InChI is InChI=1S/C23H28N2O2/c1-18-5-3-7-20(13-18)15-22(16-21-8-4-6-19(2)14-21)23(27)25-11-9-24(17-26)10-12-25/h3-8,13-14,17,22H,9-12,15-16H2,1-2H3. The van der Waals surface area contributed by atoms with Crippen molar-refractivity contribution in [3.05, 3.63) is 70.8 Å². The summed E-state index contributed by atoms with van der Waals surface area (Å²) in [7, 11) is 0. The van der Waals surface area contributed by atoms with E-state index in [-0.39, 0.29) is 11.8 Å². The highest BCUT2D eigenvalue weighted by Gasteiger charge is 2.27. The van der Waals surface area contributed by atoms with E-state index < -0.39 is 0 Å². The first-order chi connectivity index (χ1) is 13.0. The number of aryl methyl sites for hydroxylation is 2. The topological polar surface area (TPSA) is 40.6 Å². The number of nitrogens with zero attached hydrogens (tertiary/aromatic N) is 2. The normalized spacial score (nSPS) is 14.5. The highest BCUT2D eigenvalue weighted by atomic mass is 16.2. The van der Waals surface area contributed by atoms with Gasteiger partial charge in [0.05, 0.1) is 0 Å². The molecular weight excluding hydrogens is 336 g/mol. The molecule has 1 aliphatic heterocycles. The number of piperazine rings is 1. The molecule has 1 fully saturated rings. The van der Waals surface area contributed by atoms with E-state index in [1.54, 1.807) is 4.90 Å². The van der Waals surface area contributed by atoms with E-state index in [1.807, 2.05) is 4.90 Å². The lowest BCUT2D eigenvalue weighted by molar-refractivity contribution is -0.139. The van der Waals surface area contributed by atoms with E-state index in [9.17, 15) is 9.59 Å². The third-order valence-corrected chi connectivity index (χ3v) is 5.25. The maximum atomic E-state index is 13.3. The zero-order valence-corrected chi connectivity index (χ0v) is 16.2. The molecule has 27 heavy (non-hydrogen) atoms. The van der Waals surface area contributed by atoms with Crippen LogP contribution in [0.4, 0.5) is 0 Å². The molecule has 0 radical (unpaired) electrons. The molecule has 0 saturated carbocycles. The number of rotatable bonds is 6. The first-order valence-corrected chi connectivity index (χ1v) is 9.64. The highest BCUT2D eigenvalue weighted by Crippen LogP contribution is 2.20. The Labute approximate surface area is 161 Å². The molecule has 2 aromatic carbocycles. The Morgan fingerprint density at radius 1 is 0.926 bits per heavy atom. The van der Waals surface area contributed by atoms with E-state index >= 15 is 0 Å². The van der Waals surface area contributed by atoms with Crippen molar-refractivity contribution in [3.63, 3.8) is 0 Å². The van der Waals surface area contributed by atoms with Crippen molar-refractivity contribution in [2.24, 2.45) is 5.92 Å². The molecule has 3 rings (SSSR count). The zero-order valence-electron chi connectivity index (χ0n) is 16.2. The molecule has 1 aliphatic rings. The van der Waals surface area contributed by atoms with Gasteiger partial charge < -0.3 is 9.80 Å². The Morgan fingerprint density at radius 3 is 1.89 bits per heavy atom. The van der Waals surface area contributed by atoms with Gasteiger partial charge in [0, 0.05) is 32.1 Å². The number of hydrogen-bond donors (Lipinski definition) is 0. The Bertz CT molecular complexity index is 747. The van der Waals surface area contributed by atoms with Gasteiger partial charge in [-0.2, -0.15) is 0 Å². The lowest BCUT2D eigenvalue weighted by Gasteiger charge is -2.35. The van der Waals surface area contributed by atoms with Gasteiger partial charge >= 0.3 is 0 Å². The molecule has 0 aromatic heterocycles. The van der Waals surface area contributed by atoms with Gasteiger partial charge in [0.25, 0.3) is 0 Å². The quantitative estimate of drug-likeness (QED) is 0.740. The van der Waals surface area contributed by atoms with Gasteiger partial charge in [0.1, 0.15) is 0 Å². The second kappa shape index (κ2) is 8.85. The Morgan fingerprint density at radius 2 is 1.44 bits per heavy atom. The Hall–Kier alpha value is -2.62. The van der Waals surface area contributed by atoms with Crippen molar-refractivity contribution in [2.45, 2.75) is 26.7 Å². The average Bonchev–Trinajstić information content (AvgIpc) is 2.67. The van der Waals surface area contributed by atoms with Crippen LogP contribution in [0.5, 0.6) is 0 Å². The van der Waals surface area contributed by atoms with Crippen LogP contribution in [0.25, 0.3) is 0 Å². The molecule has 4 heteroatoms. The Kier molecular flexibility index (Phi) is 6.28. The van der Waals surface area contributed by atoms with Crippen molar-refractivity contribution < 1.29 is 9.59 Å². The summed E-state index contributed by atoms with van der Waals surface area (Å²) in [6.07, 6.45) is 2.35. The molecule has 1 saturated heterocycles. The van der Waals surface area contributed by atoms with Crippen LogP contribution in [0.1, 0.15) is 22.3 Å². The molecule has 1 heterocycles. The van der Waals surface area contributed by atoms with Gasteiger partial charge in [-0.05, 0) is 37.8 Å². The van der Waals surface area contributed by atoms with Crippen LogP contribution in [-0.4, -0.2) is 48.3 Å². The van der Waals surface area contributed by atoms with Gasteiger partial charge in [-0.25, -0.2) is 0 Å². The molecule has 0 N–H and O–H groups in total. The summed E-state index contributed by atoms with van der Waals surface area (Å²) in [5.41, 5.74) is 4.84. The molecule has 2 amide bonds. The first-order valence-electron chi connectivity index (χ1n) is 9.64. The van der Waals surface area contributed by atoms with Gasteiger partial charge in [-0.3, -0.25) is 9.59 Å². The fourth-order valence-corrected chi connectivity index (χ4v) is 3.80. The molecule has 0 spiro atoms. The van der Waals surface area contributed by atoms with Crippen LogP contribution in [0.3, 0.4) is 0 Å². The van der Waals surface area contributed by atoms with Gasteiger partial charge in [0.15, 0.2) is 0 Å². The predicted octanol–water partition coefficient (Wildman–Crippen LogP) is 3.01. The fourth-order valence-electron chi connectivity index (χ4n) is 3.80. The lowest BCUT2D eigenvalue weighted by Crippen LogP contribution is -2.50. The molecule has 0 aliphatic carbocycles. The van der Waals surface area contributed by atoms with Crippen molar-refractivity contribution >= 4 is 12.3 Å². The van der Waals surface area contributed by atoms with E-state index in [0.717, 1.165) is 19.3 Å². The lowest BCUT2D eigenvalue weighted by atomic mass is 9.90. The van der Waals surface area contributed by atoms with Crippen LogP contribution in [-0.2, 0) is 22.4 Å². The summed E-state index contributed by atoms with van der Waals surface area (Å²) >= 11 is 0. The summed E-state index contributed by atoms with van der Waals surface area (Å²) in [5.74, 6) is 0.111. The fraction of sp³-hybridized carbons (Fsp3) is 0.391. The molecular formula is C23H28N2O2. The van der Waals surface area contributed by atoms with Crippen LogP contribution in [0, 0.1) is 19.8 Å². The minimum Gasteiger partial charge on any atom is -0.342 e. The monoisotopic (exact) mass is 364 g/mol. The van der Waals surface area contributed by atoms with Crippen LogP contribution >= 0.6 is 0 Å². The summed E-state index contributed by atoms with van der Waals surface area (Å²) in [6, 6.07) is 16.8. The first kappa shape index (κ1) is 19.2. The van der Waals surface area contributed by atoms with Gasteiger partial charge in [0.2, 0.25) is 12.3 Å². The minimum absolute atomic E-state index is 0.0867. The summed E-state index contributed by atoms with van der Waals surface area (Å²) < 4.78 is 0. The summed E-state index contributed by atoms with van der Waals surface area (Å²) in [5, 5.41) is 0. The maximum absolute atomic E-state index is 13.3. The maximum Gasteiger partial charge on any atom is 0.226 e. The molecule has 142 valence electrons. The molecule has 0 atom stereocenters. The smallest absolute Gasteiger partial charge is 0.226 e. The van der Waals surface area contributed by atoms with Gasteiger partial charge in [-0.15, -0.1) is 0 Å². The SMILES string of the molecule is Cc1cccc(CC(Cc2cccc(C)c2)C(=O)N2CCN(C=O)CC2)c1.